The van der Waals surface area contributed by atoms with Crippen molar-refractivity contribution < 1.29 is 37.7 Å². The largest absolute Gasteiger partial charge is 0.490 e. The van der Waals surface area contributed by atoms with Crippen molar-refractivity contribution in [2.45, 2.75) is 38.8 Å². The first kappa shape index (κ1) is 22.4. The van der Waals surface area contributed by atoms with Crippen LogP contribution in [0.1, 0.15) is 41.1 Å². The van der Waals surface area contributed by atoms with E-state index in [0.29, 0.717) is 18.5 Å². The second kappa shape index (κ2) is 8.62. The number of ether oxygens (including phenoxy) is 1. The first-order valence-electron chi connectivity index (χ1n) is 8.53. The molecule has 0 spiro atoms. The molecule has 1 aromatic carbocycles. The van der Waals surface area contributed by atoms with Gasteiger partial charge in [-0.2, -0.15) is 13.2 Å². The van der Waals surface area contributed by atoms with Gasteiger partial charge in [0.2, 0.25) is 5.43 Å². The monoisotopic (exact) mass is 416 g/mol. The molecule has 1 aliphatic heterocycles. The van der Waals surface area contributed by atoms with Crippen LogP contribution in [0.5, 0.6) is 0 Å². The SMILES string of the molecule is CC1OCc2cc(CCCN)cc3c(=O)c(C(=O)O)cn1c23.O=C(O)C(F)(F)F. The molecule has 29 heavy (non-hydrogen) atoms. The highest BCUT2D eigenvalue weighted by atomic mass is 19.4. The summed E-state index contributed by atoms with van der Waals surface area (Å²) in [6.07, 6.45) is -2.44. The van der Waals surface area contributed by atoms with E-state index in [1.165, 1.54) is 6.20 Å². The summed E-state index contributed by atoms with van der Waals surface area (Å²) in [5.74, 6) is -3.98. The molecule has 2 heterocycles. The number of nitrogens with zero attached hydrogens (tertiary/aromatic N) is 1. The number of pyridine rings is 1. The molecule has 0 bridgehead atoms. The van der Waals surface area contributed by atoms with Crippen molar-refractivity contribution >= 4 is 22.8 Å². The van der Waals surface area contributed by atoms with Crippen molar-refractivity contribution in [2.75, 3.05) is 6.54 Å². The van der Waals surface area contributed by atoms with E-state index in [1.807, 2.05) is 13.0 Å². The molecule has 0 saturated carbocycles. The molecule has 158 valence electrons. The fourth-order valence-corrected chi connectivity index (χ4v) is 2.94. The van der Waals surface area contributed by atoms with Gasteiger partial charge in [0.25, 0.3) is 0 Å². The van der Waals surface area contributed by atoms with Crippen LogP contribution in [0.3, 0.4) is 0 Å². The van der Waals surface area contributed by atoms with Gasteiger partial charge in [0.15, 0.2) is 0 Å². The molecule has 1 aliphatic rings. The van der Waals surface area contributed by atoms with Crippen molar-refractivity contribution in [2.24, 2.45) is 5.73 Å². The highest BCUT2D eigenvalue weighted by molar-refractivity contribution is 5.93. The van der Waals surface area contributed by atoms with Gasteiger partial charge >= 0.3 is 18.1 Å². The van der Waals surface area contributed by atoms with Gasteiger partial charge in [0, 0.05) is 17.1 Å². The van der Waals surface area contributed by atoms with E-state index < -0.39 is 23.5 Å². The normalized spacial score (nSPS) is 15.6. The molecule has 4 N–H and O–H groups in total. The lowest BCUT2D eigenvalue weighted by atomic mass is 9.99. The van der Waals surface area contributed by atoms with Crippen molar-refractivity contribution in [3.05, 3.63) is 45.2 Å². The zero-order valence-electron chi connectivity index (χ0n) is 15.3. The van der Waals surface area contributed by atoms with Crippen LogP contribution in [0.25, 0.3) is 10.9 Å². The van der Waals surface area contributed by atoms with E-state index in [4.69, 9.17) is 20.4 Å². The van der Waals surface area contributed by atoms with Gasteiger partial charge in [0.05, 0.1) is 12.1 Å². The predicted octanol–water partition coefficient (Wildman–Crippen LogP) is 2.27. The number of benzene rings is 1. The maximum absolute atomic E-state index is 12.5. The van der Waals surface area contributed by atoms with Gasteiger partial charge in [-0.25, -0.2) is 9.59 Å². The first-order valence-corrected chi connectivity index (χ1v) is 8.53. The Bertz CT molecular complexity index is 1000. The molecule has 1 aromatic heterocycles. The van der Waals surface area contributed by atoms with Crippen molar-refractivity contribution in [3.63, 3.8) is 0 Å². The summed E-state index contributed by atoms with van der Waals surface area (Å²) in [7, 11) is 0. The van der Waals surface area contributed by atoms with Gasteiger partial charge in [-0.05, 0) is 37.9 Å². The van der Waals surface area contributed by atoms with Gasteiger partial charge in [-0.3, -0.25) is 4.79 Å². The molecule has 3 rings (SSSR count). The molecule has 11 heteroatoms. The number of alkyl halides is 3. The van der Waals surface area contributed by atoms with E-state index in [-0.39, 0.29) is 11.8 Å². The number of aryl methyl sites for hydroxylation is 1. The Morgan fingerprint density at radius 2 is 1.93 bits per heavy atom. The number of hydrogen-bond donors (Lipinski definition) is 3. The molecule has 0 aliphatic carbocycles. The fourth-order valence-electron chi connectivity index (χ4n) is 2.94. The Hall–Kier alpha value is -2.92. The van der Waals surface area contributed by atoms with Crippen molar-refractivity contribution in [3.8, 4) is 0 Å². The van der Waals surface area contributed by atoms with E-state index >= 15 is 0 Å². The molecular weight excluding hydrogens is 397 g/mol. The molecular formula is C18H19F3N2O6. The predicted molar refractivity (Wildman–Crippen MR) is 95.7 cm³/mol. The maximum Gasteiger partial charge on any atom is 0.490 e. The zero-order chi connectivity index (χ0) is 21.9. The van der Waals surface area contributed by atoms with Crippen molar-refractivity contribution in [1.82, 2.24) is 4.57 Å². The summed E-state index contributed by atoms with van der Waals surface area (Å²) in [6, 6.07) is 3.80. The van der Waals surface area contributed by atoms with Gasteiger partial charge < -0.3 is 25.3 Å². The van der Waals surface area contributed by atoms with E-state index in [1.54, 1.807) is 10.6 Å². The molecule has 8 nitrogen and oxygen atoms in total. The van der Waals surface area contributed by atoms with Crippen LogP contribution >= 0.6 is 0 Å². The number of hydrogen-bond acceptors (Lipinski definition) is 5. The molecule has 0 saturated heterocycles. The maximum atomic E-state index is 12.5. The number of aromatic carboxylic acids is 1. The van der Waals surface area contributed by atoms with Crippen LogP contribution < -0.4 is 11.2 Å². The number of aliphatic carboxylic acids is 1. The highest BCUT2D eigenvalue weighted by Gasteiger charge is 2.38. The second-order valence-electron chi connectivity index (χ2n) is 6.34. The van der Waals surface area contributed by atoms with E-state index in [0.717, 1.165) is 29.5 Å². The standard InChI is InChI=1S/C16H18N2O4.C2HF3O2/c1-9-18-7-13(16(20)21)15(19)12-6-10(3-2-4-17)5-11(8-22-9)14(12)18;3-2(4,5)1(6)7/h5-7,9H,2-4,8,17H2,1H3,(H,20,21);(H,6,7). The number of carbonyl (C=O) groups is 2. The zero-order valence-corrected chi connectivity index (χ0v) is 15.3. The van der Waals surface area contributed by atoms with Gasteiger partial charge in [-0.15, -0.1) is 0 Å². The number of rotatable bonds is 4. The average molecular weight is 416 g/mol. The third kappa shape index (κ3) is 4.93. The van der Waals surface area contributed by atoms with Gasteiger partial charge in [0.1, 0.15) is 11.8 Å². The van der Waals surface area contributed by atoms with E-state index in [2.05, 4.69) is 0 Å². The smallest absolute Gasteiger partial charge is 0.477 e. The third-order valence-electron chi connectivity index (χ3n) is 4.28. The minimum absolute atomic E-state index is 0.230. The van der Waals surface area contributed by atoms with Crippen LogP contribution in [-0.2, 0) is 22.6 Å². The Balaban J connectivity index is 0.000000370. The lowest BCUT2D eigenvalue weighted by Gasteiger charge is -2.27. The molecule has 0 fully saturated rings. The second-order valence-corrected chi connectivity index (χ2v) is 6.34. The number of carboxylic acids is 2. The minimum atomic E-state index is -5.08. The Morgan fingerprint density at radius 3 is 2.45 bits per heavy atom. The van der Waals surface area contributed by atoms with Crippen LogP contribution in [0.4, 0.5) is 13.2 Å². The fraction of sp³-hybridized carbons (Fsp3) is 0.389. The van der Waals surface area contributed by atoms with Crippen LogP contribution in [0, 0.1) is 0 Å². The summed E-state index contributed by atoms with van der Waals surface area (Å²) in [4.78, 5) is 32.7. The third-order valence-corrected chi connectivity index (χ3v) is 4.28. The summed E-state index contributed by atoms with van der Waals surface area (Å²) in [6.45, 7) is 2.82. The van der Waals surface area contributed by atoms with E-state index in [9.17, 15) is 27.9 Å². The average Bonchev–Trinajstić information content (AvgIpc) is 2.63. The highest BCUT2D eigenvalue weighted by Crippen LogP contribution is 2.29. The summed E-state index contributed by atoms with van der Waals surface area (Å²) >= 11 is 0. The molecule has 1 unspecified atom stereocenters. The number of halogens is 3. The molecule has 1 atom stereocenters. The Labute approximate surface area is 162 Å². The summed E-state index contributed by atoms with van der Waals surface area (Å²) in [5.41, 5.74) is 7.53. The summed E-state index contributed by atoms with van der Waals surface area (Å²) in [5, 5.41) is 16.8. The Morgan fingerprint density at radius 1 is 1.31 bits per heavy atom. The van der Waals surface area contributed by atoms with Crippen molar-refractivity contribution in [1.29, 1.82) is 0 Å². The summed E-state index contributed by atoms with van der Waals surface area (Å²) < 4.78 is 39.1. The van der Waals surface area contributed by atoms with Gasteiger partial charge in [-0.1, -0.05) is 6.07 Å². The van der Waals surface area contributed by atoms with Crippen LogP contribution in [0.2, 0.25) is 0 Å². The molecule has 2 aromatic rings. The minimum Gasteiger partial charge on any atom is -0.477 e. The molecule has 0 amide bonds. The first-order chi connectivity index (χ1) is 13.5. The number of carboxylic acid groups (broad SMARTS) is 2. The quantitative estimate of drug-likeness (QED) is 0.697. The molecule has 0 radical (unpaired) electrons. The number of aromatic nitrogens is 1. The van der Waals surface area contributed by atoms with Crippen LogP contribution in [-0.4, -0.2) is 39.4 Å². The number of nitrogens with two attached hydrogens (primary N) is 1. The lowest BCUT2D eigenvalue weighted by molar-refractivity contribution is -0.192. The topological polar surface area (TPSA) is 132 Å². The Kier molecular flexibility index (Phi) is 6.65. The van der Waals surface area contributed by atoms with Crippen LogP contribution in [0.15, 0.2) is 23.1 Å². The lowest BCUT2D eigenvalue weighted by Crippen LogP contribution is -2.25.